The number of hydrogen-bond donors (Lipinski definition) is 0. The summed E-state index contributed by atoms with van der Waals surface area (Å²) in [6, 6.07) is 9.26. The molecule has 0 radical (unpaired) electrons. The van der Waals surface area contributed by atoms with E-state index in [4.69, 9.17) is 0 Å². The van der Waals surface area contributed by atoms with Crippen molar-refractivity contribution >= 4 is 23.6 Å². The summed E-state index contributed by atoms with van der Waals surface area (Å²) in [4.78, 5) is 29.9. The number of hydrogen-bond acceptors (Lipinski definition) is 3. The van der Waals surface area contributed by atoms with Crippen LogP contribution < -0.4 is 0 Å². The van der Waals surface area contributed by atoms with Crippen molar-refractivity contribution in [1.29, 1.82) is 0 Å². The Bertz CT molecular complexity index is 612. The Morgan fingerprint density at radius 2 is 1.83 bits per heavy atom. The van der Waals surface area contributed by atoms with Gasteiger partial charge in [-0.2, -0.15) is 11.8 Å². The van der Waals surface area contributed by atoms with Gasteiger partial charge in [-0.05, 0) is 37.5 Å². The summed E-state index contributed by atoms with van der Waals surface area (Å²) in [6.45, 7) is 8.14. The summed E-state index contributed by atoms with van der Waals surface area (Å²) < 4.78 is 0. The van der Waals surface area contributed by atoms with Crippen molar-refractivity contribution in [1.82, 2.24) is 9.80 Å². The lowest BCUT2D eigenvalue weighted by atomic mass is 9.89. The Morgan fingerprint density at radius 3 is 2.33 bits per heavy atom. The maximum atomic E-state index is 13.3. The number of rotatable bonds is 4. The summed E-state index contributed by atoms with van der Waals surface area (Å²) in [7, 11) is 1.81. The molecule has 1 aromatic carbocycles. The highest BCUT2D eigenvalue weighted by atomic mass is 32.2. The van der Waals surface area contributed by atoms with Gasteiger partial charge in [0.25, 0.3) is 5.91 Å². The van der Waals surface area contributed by atoms with Gasteiger partial charge in [-0.15, -0.1) is 0 Å². The summed E-state index contributed by atoms with van der Waals surface area (Å²) in [6.07, 6.45) is 2.42. The molecule has 2 rings (SSSR count). The van der Waals surface area contributed by atoms with Crippen molar-refractivity contribution < 1.29 is 9.59 Å². The SMILES string of the molecule is CSCC[C@@]1(C)C(=O)N(C)[C@@H](C(C)(C)C)N1C(=O)c1ccccc1. The van der Waals surface area contributed by atoms with Crippen LogP contribution in [0.25, 0.3) is 0 Å². The average molecular weight is 349 g/mol. The molecule has 132 valence electrons. The van der Waals surface area contributed by atoms with Crippen LogP contribution in [0.15, 0.2) is 30.3 Å². The normalized spacial score (nSPS) is 24.6. The third-order valence-corrected chi connectivity index (χ3v) is 5.34. The highest BCUT2D eigenvalue weighted by Crippen LogP contribution is 2.42. The Balaban J connectivity index is 2.53. The van der Waals surface area contributed by atoms with Gasteiger partial charge in [-0.3, -0.25) is 9.59 Å². The smallest absolute Gasteiger partial charge is 0.256 e. The Morgan fingerprint density at radius 1 is 1.25 bits per heavy atom. The molecule has 24 heavy (non-hydrogen) atoms. The van der Waals surface area contributed by atoms with Crippen LogP contribution in [0.1, 0.15) is 44.5 Å². The topological polar surface area (TPSA) is 40.6 Å². The Kier molecular flexibility index (Phi) is 5.33. The van der Waals surface area contributed by atoms with Crippen LogP contribution in [0.2, 0.25) is 0 Å². The fourth-order valence-corrected chi connectivity index (χ4v) is 4.19. The Hall–Kier alpha value is -1.49. The van der Waals surface area contributed by atoms with Crippen LogP contribution in [-0.2, 0) is 4.79 Å². The lowest BCUT2D eigenvalue weighted by Crippen LogP contribution is -2.55. The van der Waals surface area contributed by atoms with E-state index in [-0.39, 0.29) is 23.4 Å². The van der Waals surface area contributed by atoms with Gasteiger partial charge in [0.15, 0.2) is 0 Å². The average Bonchev–Trinajstić information content (AvgIpc) is 2.74. The first-order chi connectivity index (χ1) is 11.1. The van der Waals surface area contributed by atoms with Crippen molar-refractivity contribution in [3.63, 3.8) is 0 Å². The van der Waals surface area contributed by atoms with E-state index in [0.29, 0.717) is 12.0 Å². The van der Waals surface area contributed by atoms with E-state index in [1.54, 1.807) is 16.7 Å². The molecular weight excluding hydrogens is 320 g/mol. The molecule has 5 heteroatoms. The predicted molar refractivity (Wildman–Crippen MR) is 100 cm³/mol. The molecule has 0 N–H and O–H groups in total. The second-order valence-corrected chi connectivity index (χ2v) is 8.70. The lowest BCUT2D eigenvalue weighted by Gasteiger charge is -2.41. The number of nitrogens with zero attached hydrogens (tertiary/aromatic N) is 2. The van der Waals surface area contributed by atoms with Crippen LogP contribution in [-0.4, -0.2) is 52.4 Å². The van der Waals surface area contributed by atoms with Crippen molar-refractivity contribution in [3.05, 3.63) is 35.9 Å². The summed E-state index contributed by atoms with van der Waals surface area (Å²) in [5.74, 6) is 0.795. The number of carbonyl (C=O) groups is 2. The summed E-state index contributed by atoms with van der Waals surface area (Å²) in [5.41, 5.74) is -0.403. The maximum absolute atomic E-state index is 13.3. The number of benzene rings is 1. The van der Waals surface area contributed by atoms with Crippen LogP contribution in [0, 0.1) is 5.41 Å². The molecule has 1 aliphatic rings. The van der Waals surface area contributed by atoms with Gasteiger partial charge in [0.2, 0.25) is 5.91 Å². The van der Waals surface area contributed by atoms with Crippen LogP contribution >= 0.6 is 11.8 Å². The lowest BCUT2D eigenvalue weighted by molar-refractivity contribution is -0.132. The Labute approximate surface area is 149 Å². The molecule has 2 atom stereocenters. The molecule has 2 amide bonds. The van der Waals surface area contributed by atoms with E-state index < -0.39 is 5.54 Å². The molecule has 1 aromatic rings. The van der Waals surface area contributed by atoms with Crippen molar-refractivity contribution in [3.8, 4) is 0 Å². The third kappa shape index (κ3) is 3.18. The first-order valence-corrected chi connectivity index (χ1v) is 9.69. The van der Waals surface area contributed by atoms with Gasteiger partial charge < -0.3 is 9.80 Å². The largest absolute Gasteiger partial charge is 0.323 e. The van der Waals surface area contributed by atoms with E-state index in [1.165, 1.54) is 0 Å². The molecule has 0 aromatic heterocycles. The molecule has 1 saturated heterocycles. The van der Waals surface area contributed by atoms with Gasteiger partial charge in [0, 0.05) is 18.0 Å². The van der Waals surface area contributed by atoms with Gasteiger partial charge in [-0.1, -0.05) is 39.0 Å². The molecule has 4 nitrogen and oxygen atoms in total. The first kappa shape index (κ1) is 18.8. The molecule has 0 aliphatic carbocycles. The highest BCUT2D eigenvalue weighted by molar-refractivity contribution is 7.98. The van der Waals surface area contributed by atoms with Gasteiger partial charge in [0.05, 0.1) is 0 Å². The van der Waals surface area contributed by atoms with E-state index >= 15 is 0 Å². The minimum Gasteiger partial charge on any atom is -0.323 e. The van der Waals surface area contributed by atoms with Crippen LogP contribution in [0.5, 0.6) is 0 Å². The zero-order chi connectivity index (χ0) is 18.1. The zero-order valence-corrected chi connectivity index (χ0v) is 16.3. The molecule has 0 bridgehead atoms. The van der Waals surface area contributed by atoms with Crippen LogP contribution in [0.4, 0.5) is 0 Å². The maximum Gasteiger partial charge on any atom is 0.256 e. The number of likely N-dealkylation sites (N-methyl/N-ethyl adjacent to an activating group) is 1. The van der Waals surface area contributed by atoms with E-state index in [0.717, 1.165) is 5.75 Å². The zero-order valence-electron chi connectivity index (χ0n) is 15.5. The molecule has 1 heterocycles. The second-order valence-electron chi connectivity index (χ2n) is 7.71. The van der Waals surface area contributed by atoms with Gasteiger partial charge in [-0.25, -0.2) is 0 Å². The number of thioether (sulfide) groups is 1. The first-order valence-electron chi connectivity index (χ1n) is 8.29. The second kappa shape index (κ2) is 6.79. The molecule has 0 unspecified atom stereocenters. The molecule has 1 aliphatic heterocycles. The van der Waals surface area contributed by atoms with Crippen molar-refractivity contribution in [2.45, 2.75) is 45.8 Å². The van der Waals surface area contributed by atoms with Crippen molar-refractivity contribution in [2.24, 2.45) is 5.41 Å². The third-order valence-electron chi connectivity index (χ3n) is 4.73. The monoisotopic (exact) mass is 348 g/mol. The summed E-state index contributed by atoms with van der Waals surface area (Å²) in [5, 5.41) is 0. The molecule has 0 spiro atoms. The predicted octanol–water partition coefficient (Wildman–Crippen LogP) is 3.48. The van der Waals surface area contributed by atoms with E-state index in [2.05, 4.69) is 20.8 Å². The molecular formula is C19H28N2O2S. The highest BCUT2D eigenvalue weighted by Gasteiger charge is 2.57. The van der Waals surface area contributed by atoms with Crippen LogP contribution in [0.3, 0.4) is 0 Å². The van der Waals surface area contributed by atoms with Crippen molar-refractivity contribution in [2.75, 3.05) is 19.1 Å². The minimum absolute atomic E-state index is 0.0285. The standard InChI is InChI=1S/C19H28N2O2S/c1-18(2,3)16-20(5)17(23)19(4,12-13-24-6)21(16)15(22)14-10-8-7-9-11-14/h7-11,16H,12-13H2,1-6H3/t16-,19+/m1/s1. The number of amides is 2. The van der Waals surface area contributed by atoms with E-state index in [1.807, 2.05) is 55.5 Å². The summed E-state index contributed by atoms with van der Waals surface area (Å²) >= 11 is 1.70. The quantitative estimate of drug-likeness (QED) is 0.836. The molecule has 1 fully saturated rings. The van der Waals surface area contributed by atoms with Gasteiger partial charge in [0.1, 0.15) is 11.7 Å². The van der Waals surface area contributed by atoms with E-state index in [9.17, 15) is 9.59 Å². The number of carbonyl (C=O) groups excluding carboxylic acids is 2. The minimum atomic E-state index is -0.803. The molecule has 0 saturated carbocycles. The van der Waals surface area contributed by atoms with Gasteiger partial charge >= 0.3 is 0 Å². The fraction of sp³-hybridized carbons (Fsp3) is 0.579. The fourth-order valence-electron chi connectivity index (χ4n) is 3.59.